The van der Waals surface area contributed by atoms with Crippen molar-refractivity contribution in [2.24, 2.45) is 0 Å². The van der Waals surface area contributed by atoms with Crippen LogP contribution in [0.25, 0.3) is 43.8 Å². The Kier molecular flexibility index (Phi) is 7.85. The molecular weight excluding hydrogens is 751 g/mol. The van der Waals surface area contributed by atoms with Crippen molar-refractivity contribution in [3.8, 4) is 22.3 Å². The molecule has 0 bridgehead atoms. The van der Waals surface area contributed by atoms with Crippen molar-refractivity contribution >= 4 is 55.7 Å². The van der Waals surface area contributed by atoms with Crippen LogP contribution in [0.15, 0.2) is 218 Å². The molecule has 0 aromatic heterocycles. The van der Waals surface area contributed by atoms with E-state index in [-0.39, 0.29) is 11.6 Å². The first kappa shape index (κ1) is 35.2. The molecule has 10 aromatic rings. The van der Waals surface area contributed by atoms with Crippen molar-refractivity contribution in [1.29, 1.82) is 0 Å². The van der Waals surface area contributed by atoms with E-state index in [9.17, 15) is 8.78 Å². The summed E-state index contributed by atoms with van der Waals surface area (Å²) in [4.78, 5) is 4.24. The number of benzene rings is 10. The summed E-state index contributed by atoms with van der Waals surface area (Å²) in [5, 5.41) is 4.49. The molecule has 12 rings (SSSR count). The summed E-state index contributed by atoms with van der Waals surface area (Å²) in [5.41, 5.74) is 14.6. The van der Waals surface area contributed by atoms with E-state index >= 15 is 0 Å². The Bertz CT molecular complexity index is 3310. The van der Waals surface area contributed by atoms with E-state index in [0.717, 1.165) is 50.3 Å². The summed E-state index contributed by atoms with van der Waals surface area (Å²) in [6, 6.07) is 74.2. The predicted octanol–water partition coefficient (Wildman–Crippen LogP) is 15.6. The van der Waals surface area contributed by atoms with Crippen molar-refractivity contribution in [2.45, 2.75) is 5.41 Å². The smallest absolute Gasteiger partial charge is 0.125 e. The van der Waals surface area contributed by atoms with Gasteiger partial charge in [0.1, 0.15) is 11.6 Å². The zero-order chi connectivity index (χ0) is 40.7. The highest BCUT2D eigenvalue weighted by atomic mass is 19.1. The quantitative estimate of drug-likeness (QED) is 0.166. The van der Waals surface area contributed by atoms with E-state index in [0.29, 0.717) is 0 Å². The van der Waals surface area contributed by atoms with Crippen LogP contribution in [0.5, 0.6) is 0 Å². The van der Waals surface area contributed by atoms with Gasteiger partial charge in [0.15, 0.2) is 0 Å². The Morgan fingerprint density at radius 1 is 0.295 bits per heavy atom. The first-order chi connectivity index (χ1) is 30.1. The van der Waals surface area contributed by atoms with E-state index in [1.165, 1.54) is 62.0 Å². The molecule has 0 aliphatic heterocycles. The molecule has 0 fully saturated rings. The second kappa shape index (κ2) is 13.6. The number of hydrogen-bond acceptors (Lipinski definition) is 2. The van der Waals surface area contributed by atoms with Crippen molar-refractivity contribution < 1.29 is 8.78 Å². The van der Waals surface area contributed by atoms with Gasteiger partial charge in [-0.25, -0.2) is 8.78 Å². The molecule has 288 valence electrons. The summed E-state index contributed by atoms with van der Waals surface area (Å²) in [6.45, 7) is 0. The van der Waals surface area contributed by atoms with Crippen LogP contribution in [0.2, 0.25) is 0 Å². The standard InChI is InChI=1S/C57H36F2N2/c58-40-13-11-19-44(35-40)60(42-15-3-1-4-16-42)46-27-25-37-33-52-51-29-26-38-31-47(61(43-17-5-2-6-18-43)45-20-12-14-41(59)36-45)28-30-48(38)56(51)57(55(52)34-39(37)32-46)53-23-9-7-21-49(53)50-22-8-10-24-54(50)57/h1-36H. The molecule has 2 nitrogen and oxygen atoms in total. The molecular formula is C57H36F2N2. The minimum Gasteiger partial charge on any atom is -0.310 e. The number of para-hydroxylation sites is 2. The molecule has 0 saturated carbocycles. The number of hydrogen-bond donors (Lipinski definition) is 0. The van der Waals surface area contributed by atoms with E-state index < -0.39 is 5.41 Å². The number of nitrogens with zero attached hydrogens (tertiary/aromatic N) is 2. The Hall–Kier alpha value is -7.82. The monoisotopic (exact) mass is 786 g/mol. The summed E-state index contributed by atoms with van der Waals surface area (Å²) >= 11 is 0. The third-order valence-electron chi connectivity index (χ3n) is 12.7. The molecule has 1 spiro atoms. The first-order valence-electron chi connectivity index (χ1n) is 20.6. The summed E-state index contributed by atoms with van der Waals surface area (Å²) in [7, 11) is 0. The zero-order valence-electron chi connectivity index (χ0n) is 32.9. The average Bonchev–Trinajstić information content (AvgIpc) is 3.76. The molecule has 0 saturated heterocycles. The van der Waals surface area contributed by atoms with Gasteiger partial charge in [-0.2, -0.15) is 0 Å². The van der Waals surface area contributed by atoms with E-state index in [4.69, 9.17) is 0 Å². The van der Waals surface area contributed by atoms with Crippen molar-refractivity contribution in [3.05, 3.63) is 252 Å². The van der Waals surface area contributed by atoms with Crippen LogP contribution < -0.4 is 9.80 Å². The van der Waals surface area contributed by atoms with Crippen LogP contribution in [0.3, 0.4) is 0 Å². The summed E-state index contributed by atoms with van der Waals surface area (Å²) < 4.78 is 29.6. The van der Waals surface area contributed by atoms with Gasteiger partial charge in [0, 0.05) is 34.1 Å². The highest BCUT2D eigenvalue weighted by Crippen LogP contribution is 2.64. The third-order valence-corrected chi connectivity index (χ3v) is 12.7. The van der Waals surface area contributed by atoms with Crippen LogP contribution >= 0.6 is 0 Å². The Morgan fingerprint density at radius 3 is 1.38 bits per heavy atom. The van der Waals surface area contributed by atoms with E-state index in [1.54, 1.807) is 24.3 Å². The van der Waals surface area contributed by atoms with E-state index in [1.807, 2.05) is 48.5 Å². The summed E-state index contributed by atoms with van der Waals surface area (Å²) in [5.74, 6) is -0.562. The third kappa shape index (κ3) is 5.32. The molecule has 0 unspecified atom stereocenters. The second-order valence-electron chi connectivity index (χ2n) is 16.0. The van der Waals surface area contributed by atoms with Crippen LogP contribution in [0.1, 0.15) is 22.3 Å². The van der Waals surface area contributed by atoms with Gasteiger partial charge in [-0.1, -0.05) is 121 Å². The number of rotatable bonds is 6. The Morgan fingerprint density at radius 2 is 0.787 bits per heavy atom. The molecule has 0 heterocycles. The fourth-order valence-electron chi connectivity index (χ4n) is 10.3. The normalized spacial score (nSPS) is 12.9. The van der Waals surface area contributed by atoms with Gasteiger partial charge < -0.3 is 9.80 Å². The van der Waals surface area contributed by atoms with Gasteiger partial charge in [0.25, 0.3) is 0 Å². The predicted molar refractivity (Wildman–Crippen MR) is 247 cm³/mol. The second-order valence-corrected chi connectivity index (χ2v) is 16.0. The van der Waals surface area contributed by atoms with E-state index in [2.05, 4.69) is 143 Å². The van der Waals surface area contributed by atoms with Gasteiger partial charge in [0.2, 0.25) is 0 Å². The van der Waals surface area contributed by atoms with Crippen LogP contribution in [-0.2, 0) is 5.41 Å². The zero-order valence-corrected chi connectivity index (χ0v) is 32.9. The highest BCUT2D eigenvalue weighted by Gasteiger charge is 2.52. The lowest BCUT2D eigenvalue weighted by molar-refractivity contribution is 0.627. The maximum absolute atomic E-state index is 14.8. The maximum Gasteiger partial charge on any atom is 0.125 e. The maximum atomic E-state index is 14.8. The minimum atomic E-state index is -0.605. The number of fused-ring (bicyclic) bond motifs is 13. The lowest BCUT2D eigenvalue weighted by Crippen LogP contribution is -2.26. The lowest BCUT2D eigenvalue weighted by Gasteiger charge is -2.32. The van der Waals surface area contributed by atoms with Gasteiger partial charge in [0.05, 0.1) is 5.41 Å². The highest BCUT2D eigenvalue weighted by molar-refractivity contribution is 6.07. The topological polar surface area (TPSA) is 6.48 Å². The van der Waals surface area contributed by atoms with Crippen LogP contribution in [0.4, 0.5) is 42.9 Å². The largest absolute Gasteiger partial charge is 0.310 e. The van der Waals surface area contributed by atoms with Crippen LogP contribution in [-0.4, -0.2) is 0 Å². The fraction of sp³-hybridized carbons (Fsp3) is 0.0175. The van der Waals surface area contributed by atoms with Gasteiger partial charge in [-0.15, -0.1) is 0 Å². The Balaban J connectivity index is 1.11. The van der Waals surface area contributed by atoms with Crippen molar-refractivity contribution in [2.75, 3.05) is 9.80 Å². The molecule has 0 N–H and O–H groups in total. The SMILES string of the molecule is Fc1cccc(N(c2ccccc2)c2ccc3cc4c(cc3c2)C2(c3ccccc3-c3ccccc32)c2c-4ccc3cc(N(c4ccccc4)c4cccc(F)c4)ccc23)c1. The molecule has 61 heavy (non-hydrogen) atoms. The first-order valence-corrected chi connectivity index (χ1v) is 20.6. The fourth-order valence-corrected chi connectivity index (χ4v) is 10.3. The molecule has 10 aromatic carbocycles. The van der Waals surface area contributed by atoms with Crippen molar-refractivity contribution in [1.82, 2.24) is 0 Å². The van der Waals surface area contributed by atoms with Gasteiger partial charge in [-0.05, 0) is 163 Å². The van der Waals surface area contributed by atoms with Crippen molar-refractivity contribution in [3.63, 3.8) is 0 Å². The molecule has 0 atom stereocenters. The average molecular weight is 787 g/mol. The number of halogens is 2. The molecule has 2 aliphatic carbocycles. The molecule has 0 amide bonds. The summed E-state index contributed by atoms with van der Waals surface area (Å²) in [6.07, 6.45) is 0. The number of anilines is 6. The minimum absolute atomic E-state index is 0.281. The van der Waals surface area contributed by atoms with Gasteiger partial charge in [-0.3, -0.25) is 0 Å². The lowest BCUT2D eigenvalue weighted by atomic mass is 9.69. The molecule has 2 aliphatic rings. The molecule has 4 heteroatoms. The Labute approximate surface area is 352 Å². The molecule has 0 radical (unpaired) electrons. The van der Waals surface area contributed by atoms with Crippen LogP contribution in [0, 0.1) is 11.6 Å². The van der Waals surface area contributed by atoms with Gasteiger partial charge >= 0.3 is 0 Å².